The molecule has 39 heavy (non-hydrogen) atoms. The number of aliphatic imine (C=N–C) groups is 1. The molecule has 1 aliphatic rings. The summed E-state index contributed by atoms with van der Waals surface area (Å²) in [6.07, 6.45) is 4.06. The van der Waals surface area contributed by atoms with Gasteiger partial charge in [0.15, 0.2) is 17.2 Å². The van der Waals surface area contributed by atoms with E-state index < -0.39 is 16.9 Å². The van der Waals surface area contributed by atoms with E-state index in [4.69, 9.17) is 30.5 Å². The predicted octanol–water partition coefficient (Wildman–Crippen LogP) is 5.62. The van der Waals surface area contributed by atoms with Crippen molar-refractivity contribution in [3.05, 3.63) is 104 Å². The largest absolute Gasteiger partial charge is 0.496 e. The standard InChI is InChI=1S/C28H21ClN2O8/c1-3-37-25-15-18(14-22-28(33)39-27(30-22)21-16-19(29)9-11-23(21)36-2)7-10-24(25)38-26(32)12-8-17-5-4-6-20(13-17)31(34)35/h4-16H,3H2,1-2H3/b12-8+,22-14-. The Labute approximate surface area is 227 Å². The molecule has 0 saturated heterocycles. The van der Waals surface area contributed by atoms with Crippen LogP contribution in [0.2, 0.25) is 5.02 Å². The fraction of sp³-hybridized carbons (Fsp3) is 0.107. The van der Waals surface area contributed by atoms with Gasteiger partial charge in [-0.15, -0.1) is 0 Å². The van der Waals surface area contributed by atoms with Crippen LogP contribution in [0.5, 0.6) is 17.2 Å². The fourth-order valence-corrected chi connectivity index (χ4v) is 3.72. The summed E-state index contributed by atoms with van der Waals surface area (Å²) in [5.41, 5.74) is 1.38. The highest BCUT2D eigenvalue weighted by atomic mass is 35.5. The van der Waals surface area contributed by atoms with E-state index in [0.29, 0.717) is 27.5 Å². The van der Waals surface area contributed by atoms with Crippen LogP contribution in [0.1, 0.15) is 23.6 Å². The number of carbonyl (C=O) groups excluding carboxylic acids is 2. The van der Waals surface area contributed by atoms with Crippen molar-refractivity contribution in [2.24, 2.45) is 4.99 Å². The van der Waals surface area contributed by atoms with Gasteiger partial charge in [-0.25, -0.2) is 14.6 Å². The Morgan fingerprint density at radius 1 is 1.08 bits per heavy atom. The monoisotopic (exact) mass is 548 g/mol. The molecular formula is C28H21ClN2O8. The third-order valence-electron chi connectivity index (χ3n) is 5.29. The minimum atomic E-state index is -0.711. The number of esters is 2. The summed E-state index contributed by atoms with van der Waals surface area (Å²) in [6, 6.07) is 15.4. The fourth-order valence-electron chi connectivity index (χ4n) is 3.55. The number of rotatable bonds is 9. The van der Waals surface area contributed by atoms with Gasteiger partial charge in [0.25, 0.3) is 5.69 Å². The molecular weight excluding hydrogens is 528 g/mol. The maximum Gasteiger partial charge on any atom is 0.363 e. The number of nitrogens with zero attached hydrogens (tertiary/aromatic N) is 2. The maximum atomic E-state index is 12.5. The second-order valence-corrected chi connectivity index (χ2v) is 8.36. The van der Waals surface area contributed by atoms with E-state index in [9.17, 15) is 19.7 Å². The summed E-state index contributed by atoms with van der Waals surface area (Å²) >= 11 is 6.08. The summed E-state index contributed by atoms with van der Waals surface area (Å²) in [4.78, 5) is 39.6. The summed E-state index contributed by atoms with van der Waals surface area (Å²) in [6.45, 7) is 2.05. The Hall–Kier alpha value is -4.96. The Balaban J connectivity index is 1.55. The number of hydrogen-bond acceptors (Lipinski definition) is 9. The molecule has 0 saturated carbocycles. The second kappa shape index (κ2) is 12.1. The number of methoxy groups -OCH3 is 1. The van der Waals surface area contributed by atoms with Gasteiger partial charge in [-0.1, -0.05) is 29.8 Å². The summed E-state index contributed by atoms with van der Waals surface area (Å²) < 4.78 is 21.7. The predicted molar refractivity (Wildman–Crippen MR) is 144 cm³/mol. The molecule has 11 heteroatoms. The summed E-state index contributed by atoms with van der Waals surface area (Å²) in [5, 5.41) is 11.4. The van der Waals surface area contributed by atoms with Crippen molar-refractivity contribution < 1.29 is 33.5 Å². The Bertz CT molecular complexity index is 1540. The van der Waals surface area contributed by atoms with Crippen LogP contribution in [0.25, 0.3) is 12.2 Å². The van der Waals surface area contributed by atoms with E-state index in [1.807, 2.05) is 0 Å². The van der Waals surface area contributed by atoms with Gasteiger partial charge < -0.3 is 18.9 Å². The van der Waals surface area contributed by atoms with E-state index in [1.54, 1.807) is 43.3 Å². The van der Waals surface area contributed by atoms with Crippen molar-refractivity contribution in [2.75, 3.05) is 13.7 Å². The maximum absolute atomic E-state index is 12.5. The van der Waals surface area contributed by atoms with E-state index in [-0.39, 0.29) is 35.4 Å². The number of hydrogen-bond donors (Lipinski definition) is 0. The topological polar surface area (TPSA) is 127 Å². The highest BCUT2D eigenvalue weighted by molar-refractivity contribution is 6.31. The van der Waals surface area contributed by atoms with Crippen molar-refractivity contribution >= 4 is 47.3 Å². The zero-order chi connectivity index (χ0) is 27.9. The molecule has 3 aromatic rings. The molecule has 0 unspecified atom stereocenters. The highest BCUT2D eigenvalue weighted by Crippen LogP contribution is 2.32. The van der Waals surface area contributed by atoms with Crippen molar-refractivity contribution in [2.45, 2.75) is 6.92 Å². The highest BCUT2D eigenvalue weighted by Gasteiger charge is 2.26. The zero-order valence-electron chi connectivity index (χ0n) is 20.8. The third-order valence-corrected chi connectivity index (χ3v) is 5.52. The van der Waals surface area contributed by atoms with Gasteiger partial charge in [0.2, 0.25) is 5.90 Å². The molecule has 1 aliphatic heterocycles. The minimum Gasteiger partial charge on any atom is -0.496 e. The van der Waals surface area contributed by atoms with Crippen molar-refractivity contribution in [1.82, 2.24) is 0 Å². The van der Waals surface area contributed by atoms with Gasteiger partial charge in [0.05, 0.1) is 24.2 Å². The molecule has 0 fully saturated rings. The number of non-ortho nitro benzene ring substituents is 1. The molecule has 0 aliphatic carbocycles. The molecule has 4 rings (SSSR count). The molecule has 0 spiro atoms. The average molecular weight is 549 g/mol. The van der Waals surface area contributed by atoms with Crippen LogP contribution in [0.4, 0.5) is 5.69 Å². The van der Waals surface area contributed by atoms with Gasteiger partial charge in [-0.3, -0.25) is 10.1 Å². The third kappa shape index (κ3) is 6.68. The number of nitro benzene ring substituents is 1. The van der Waals surface area contributed by atoms with Gasteiger partial charge in [0, 0.05) is 23.2 Å². The van der Waals surface area contributed by atoms with Gasteiger partial charge in [-0.2, -0.15) is 0 Å². The van der Waals surface area contributed by atoms with Crippen LogP contribution in [-0.2, 0) is 14.3 Å². The summed E-state index contributed by atoms with van der Waals surface area (Å²) in [7, 11) is 1.48. The Morgan fingerprint density at radius 2 is 1.87 bits per heavy atom. The lowest BCUT2D eigenvalue weighted by Gasteiger charge is -2.10. The Kier molecular flexibility index (Phi) is 8.37. The van der Waals surface area contributed by atoms with Crippen LogP contribution in [0, 0.1) is 10.1 Å². The zero-order valence-corrected chi connectivity index (χ0v) is 21.5. The number of halogens is 1. The van der Waals surface area contributed by atoms with E-state index in [1.165, 1.54) is 43.5 Å². The molecule has 3 aromatic carbocycles. The van der Waals surface area contributed by atoms with Crippen molar-refractivity contribution in [3.63, 3.8) is 0 Å². The SMILES string of the molecule is CCOc1cc(/C=C2\N=C(c3cc(Cl)ccc3OC)OC2=O)ccc1OC(=O)/C=C/c1cccc([N+](=O)[O-])c1. The van der Waals surface area contributed by atoms with Crippen molar-refractivity contribution in [1.29, 1.82) is 0 Å². The molecule has 0 bridgehead atoms. The Morgan fingerprint density at radius 3 is 2.62 bits per heavy atom. The van der Waals surface area contributed by atoms with Crippen LogP contribution in [-0.4, -0.2) is 36.5 Å². The first-order valence-electron chi connectivity index (χ1n) is 11.5. The van der Waals surface area contributed by atoms with Crippen LogP contribution in [0.15, 0.2) is 77.4 Å². The number of carbonyl (C=O) groups is 2. The van der Waals surface area contributed by atoms with E-state index in [2.05, 4.69) is 4.99 Å². The lowest BCUT2D eigenvalue weighted by atomic mass is 10.1. The van der Waals surface area contributed by atoms with Gasteiger partial charge >= 0.3 is 11.9 Å². The van der Waals surface area contributed by atoms with Crippen LogP contribution < -0.4 is 14.2 Å². The molecule has 0 atom stereocenters. The first kappa shape index (κ1) is 27.1. The summed E-state index contributed by atoms with van der Waals surface area (Å²) in [5.74, 6) is -0.469. The quantitative estimate of drug-likeness (QED) is 0.111. The molecule has 10 nitrogen and oxygen atoms in total. The second-order valence-electron chi connectivity index (χ2n) is 7.93. The van der Waals surface area contributed by atoms with Crippen LogP contribution >= 0.6 is 11.6 Å². The molecule has 0 amide bonds. The first-order valence-corrected chi connectivity index (χ1v) is 11.9. The lowest BCUT2D eigenvalue weighted by molar-refractivity contribution is -0.384. The number of nitro groups is 1. The molecule has 1 heterocycles. The minimum absolute atomic E-state index is 0.0408. The van der Waals surface area contributed by atoms with E-state index in [0.717, 1.165) is 6.08 Å². The molecule has 0 N–H and O–H groups in total. The van der Waals surface area contributed by atoms with Crippen molar-refractivity contribution in [3.8, 4) is 17.2 Å². The smallest absolute Gasteiger partial charge is 0.363 e. The lowest BCUT2D eigenvalue weighted by Crippen LogP contribution is -2.07. The normalized spacial score (nSPS) is 13.8. The number of benzene rings is 3. The van der Waals surface area contributed by atoms with E-state index >= 15 is 0 Å². The average Bonchev–Trinajstić information content (AvgIpc) is 3.29. The molecule has 198 valence electrons. The molecule has 0 radical (unpaired) electrons. The molecule has 0 aromatic heterocycles. The number of ether oxygens (including phenoxy) is 4. The first-order chi connectivity index (χ1) is 18.8. The number of cyclic esters (lactones) is 1. The van der Waals surface area contributed by atoms with Gasteiger partial charge in [0.1, 0.15) is 5.75 Å². The van der Waals surface area contributed by atoms with Crippen LogP contribution in [0.3, 0.4) is 0 Å². The van der Waals surface area contributed by atoms with Gasteiger partial charge in [-0.05, 0) is 60.5 Å².